The molecule has 0 heterocycles. The Kier molecular flexibility index (Phi) is 43.0. The first-order valence-corrected chi connectivity index (χ1v) is 5.66. The van der Waals surface area contributed by atoms with Crippen LogP contribution in [0.15, 0.2) is 30.3 Å². The zero-order valence-corrected chi connectivity index (χ0v) is 10.9. The SMILES string of the molecule is C.C.C.C.CC.CC.CC(C)(C)c1ccccc1. The Labute approximate surface area is 120 Å². The Balaban J connectivity index is -0.0000000412. The molecule has 1 aromatic rings. The van der Waals surface area contributed by atoms with Crippen LogP contribution in [0.3, 0.4) is 0 Å². The van der Waals surface area contributed by atoms with E-state index in [2.05, 4.69) is 51.1 Å². The molecule has 0 unspecified atom stereocenters. The summed E-state index contributed by atoms with van der Waals surface area (Å²) in [6.45, 7) is 14.7. The summed E-state index contributed by atoms with van der Waals surface area (Å²) in [6, 6.07) is 10.6. The summed E-state index contributed by atoms with van der Waals surface area (Å²) in [5.41, 5.74) is 1.69. The number of rotatable bonds is 0. The second kappa shape index (κ2) is 21.5. The van der Waals surface area contributed by atoms with Gasteiger partial charge in [0.05, 0.1) is 0 Å². The predicted molar refractivity (Wildman–Crippen MR) is 94.8 cm³/mol. The van der Waals surface area contributed by atoms with Crippen molar-refractivity contribution in [3.63, 3.8) is 0 Å². The van der Waals surface area contributed by atoms with E-state index in [0.29, 0.717) is 5.41 Å². The first kappa shape index (κ1) is 36.0. The molecule has 1 rings (SSSR count). The summed E-state index contributed by atoms with van der Waals surface area (Å²) < 4.78 is 0. The lowest BCUT2D eigenvalue weighted by Crippen LogP contribution is -2.10. The maximum atomic E-state index is 2.22. The topological polar surface area (TPSA) is 0 Å². The van der Waals surface area contributed by atoms with Gasteiger partial charge in [-0.2, -0.15) is 0 Å². The van der Waals surface area contributed by atoms with Gasteiger partial charge in [-0.1, -0.05) is 109 Å². The Morgan fingerprint density at radius 1 is 0.611 bits per heavy atom. The van der Waals surface area contributed by atoms with Crippen LogP contribution in [0.2, 0.25) is 0 Å². The Bertz CT molecular complexity index is 191. The molecule has 1 aromatic carbocycles. The van der Waals surface area contributed by atoms with E-state index in [4.69, 9.17) is 0 Å². The minimum Gasteiger partial charge on any atom is -0.0776 e. The lowest BCUT2D eigenvalue weighted by Gasteiger charge is -2.18. The third-order valence-electron chi connectivity index (χ3n) is 1.64. The Morgan fingerprint density at radius 3 is 1.06 bits per heavy atom. The second-order valence-electron chi connectivity index (χ2n) is 3.62. The van der Waals surface area contributed by atoms with Gasteiger partial charge in [0.15, 0.2) is 0 Å². The Hall–Kier alpha value is -0.780. The third-order valence-corrected chi connectivity index (χ3v) is 1.64. The lowest BCUT2D eigenvalue weighted by molar-refractivity contribution is 0.590. The maximum Gasteiger partial charge on any atom is -0.0132 e. The van der Waals surface area contributed by atoms with E-state index in [1.165, 1.54) is 5.56 Å². The van der Waals surface area contributed by atoms with Crippen LogP contribution in [0.1, 0.15) is 83.7 Å². The summed E-state index contributed by atoms with van der Waals surface area (Å²) in [5.74, 6) is 0. The number of benzene rings is 1. The van der Waals surface area contributed by atoms with Crippen LogP contribution < -0.4 is 0 Å². The molecular weight excluding hydrogens is 216 g/mol. The average molecular weight is 259 g/mol. The smallest absolute Gasteiger partial charge is 0.0132 e. The fraction of sp³-hybridized carbons (Fsp3) is 0.667. The fourth-order valence-corrected chi connectivity index (χ4v) is 0.938. The van der Waals surface area contributed by atoms with Gasteiger partial charge in [-0.15, -0.1) is 0 Å². The van der Waals surface area contributed by atoms with Gasteiger partial charge in [-0.3, -0.25) is 0 Å². The largest absolute Gasteiger partial charge is 0.0776 e. The molecule has 0 aliphatic rings. The molecule has 0 amide bonds. The van der Waals surface area contributed by atoms with Crippen LogP contribution in [-0.4, -0.2) is 0 Å². The third kappa shape index (κ3) is 17.6. The number of hydrogen-bond acceptors (Lipinski definition) is 0. The van der Waals surface area contributed by atoms with Crippen molar-refractivity contribution in [1.82, 2.24) is 0 Å². The highest BCUT2D eigenvalue weighted by Crippen LogP contribution is 2.20. The van der Waals surface area contributed by atoms with E-state index in [0.717, 1.165) is 0 Å². The molecular formula is C18H42. The molecule has 0 bridgehead atoms. The van der Waals surface area contributed by atoms with Crippen LogP contribution in [-0.2, 0) is 5.41 Å². The summed E-state index contributed by atoms with van der Waals surface area (Å²) >= 11 is 0. The van der Waals surface area contributed by atoms with E-state index >= 15 is 0 Å². The molecule has 0 saturated heterocycles. The molecule has 114 valence electrons. The van der Waals surface area contributed by atoms with E-state index < -0.39 is 0 Å². The summed E-state index contributed by atoms with van der Waals surface area (Å²) in [5, 5.41) is 0. The van der Waals surface area contributed by atoms with Gasteiger partial charge < -0.3 is 0 Å². The molecule has 0 nitrogen and oxygen atoms in total. The maximum absolute atomic E-state index is 2.22. The molecule has 0 heteroatoms. The van der Waals surface area contributed by atoms with Gasteiger partial charge in [-0.05, 0) is 11.0 Å². The standard InChI is InChI=1S/C10H14.2C2H6.4CH4/c1-10(2,3)9-7-5-4-6-8-9;2*1-2;;;;/h4-8H,1-3H3;2*1-2H3;4*1H4. The van der Waals surface area contributed by atoms with E-state index in [9.17, 15) is 0 Å². The molecule has 0 saturated carbocycles. The normalized spacial score (nSPS) is 7.06. The van der Waals surface area contributed by atoms with E-state index in [-0.39, 0.29) is 29.7 Å². The lowest BCUT2D eigenvalue weighted by atomic mass is 9.87. The van der Waals surface area contributed by atoms with E-state index in [1.54, 1.807) is 0 Å². The van der Waals surface area contributed by atoms with E-state index in [1.807, 2.05) is 27.7 Å². The van der Waals surface area contributed by atoms with Gasteiger partial charge in [0.2, 0.25) is 0 Å². The van der Waals surface area contributed by atoms with Gasteiger partial charge in [0, 0.05) is 0 Å². The monoisotopic (exact) mass is 258 g/mol. The van der Waals surface area contributed by atoms with Crippen LogP contribution in [0.25, 0.3) is 0 Å². The predicted octanol–water partition coefficient (Wildman–Crippen LogP) is 7.58. The highest BCUT2D eigenvalue weighted by Gasteiger charge is 2.11. The number of hydrogen-bond donors (Lipinski definition) is 0. The molecule has 0 N–H and O–H groups in total. The van der Waals surface area contributed by atoms with Crippen molar-refractivity contribution in [1.29, 1.82) is 0 Å². The molecule has 0 atom stereocenters. The molecule has 0 spiro atoms. The minimum absolute atomic E-state index is 0. The van der Waals surface area contributed by atoms with Gasteiger partial charge >= 0.3 is 0 Å². The zero-order chi connectivity index (χ0) is 11.6. The molecule has 18 heavy (non-hydrogen) atoms. The van der Waals surface area contributed by atoms with Crippen molar-refractivity contribution in [2.45, 2.75) is 83.6 Å². The fourth-order valence-electron chi connectivity index (χ4n) is 0.938. The van der Waals surface area contributed by atoms with Crippen LogP contribution >= 0.6 is 0 Å². The van der Waals surface area contributed by atoms with Gasteiger partial charge in [-0.25, -0.2) is 0 Å². The molecule has 0 radical (unpaired) electrons. The first-order chi connectivity index (χ1) is 6.61. The van der Waals surface area contributed by atoms with Gasteiger partial charge in [0.1, 0.15) is 0 Å². The molecule has 0 aromatic heterocycles. The summed E-state index contributed by atoms with van der Waals surface area (Å²) in [4.78, 5) is 0. The van der Waals surface area contributed by atoms with Crippen molar-refractivity contribution < 1.29 is 0 Å². The summed E-state index contributed by atoms with van der Waals surface area (Å²) in [6.07, 6.45) is 0. The van der Waals surface area contributed by atoms with Crippen LogP contribution in [0, 0.1) is 0 Å². The zero-order valence-electron chi connectivity index (χ0n) is 10.9. The summed E-state index contributed by atoms with van der Waals surface area (Å²) in [7, 11) is 0. The van der Waals surface area contributed by atoms with Crippen LogP contribution in [0.4, 0.5) is 0 Å². The van der Waals surface area contributed by atoms with Crippen LogP contribution in [0.5, 0.6) is 0 Å². The molecule has 0 aliphatic heterocycles. The van der Waals surface area contributed by atoms with Crippen molar-refractivity contribution >= 4 is 0 Å². The average Bonchev–Trinajstić information content (AvgIpc) is 2.24. The highest BCUT2D eigenvalue weighted by atomic mass is 14.2. The first-order valence-electron chi connectivity index (χ1n) is 5.66. The van der Waals surface area contributed by atoms with Crippen molar-refractivity contribution in [3.05, 3.63) is 35.9 Å². The second-order valence-corrected chi connectivity index (χ2v) is 3.62. The highest BCUT2D eigenvalue weighted by molar-refractivity contribution is 5.21. The van der Waals surface area contributed by atoms with Crippen molar-refractivity contribution in [3.8, 4) is 0 Å². The molecule has 0 fully saturated rings. The minimum atomic E-state index is 0. The Morgan fingerprint density at radius 2 is 0.889 bits per heavy atom. The molecule has 0 aliphatic carbocycles. The quantitative estimate of drug-likeness (QED) is 0.450. The van der Waals surface area contributed by atoms with Crippen molar-refractivity contribution in [2.75, 3.05) is 0 Å². The van der Waals surface area contributed by atoms with Gasteiger partial charge in [0.25, 0.3) is 0 Å². The van der Waals surface area contributed by atoms with Crippen molar-refractivity contribution in [2.24, 2.45) is 0 Å².